The molecule has 306 valence electrons. The van der Waals surface area contributed by atoms with E-state index in [1.807, 2.05) is 0 Å². The third-order valence-electron chi connectivity index (χ3n) is 9.34. The highest BCUT2D eigenvalue weighted by atomic mass is 16.7. The second-order valence-electron chi connectivity index (χ2n) is 14.0. The van der Waals surface area contributed by atoms with Crippen LogP contribution in [0.2, 0.25) is 0 Å². The van der Waals surface area contributed by atoms with Crippen molar-refractivity contribution in [2.24, 2.45) is 0 Å². The molecule has 5 heterocycles. The van der Waals surface area contributed by atoms with E-state index in [0.717, 1.165) is 0 Å². The zero-order valence-electron chi connectivity index (χ0n) is 30.2. The molecule has 16 unspecified atom stereocenters. The first-order valence-electron chi connectivity index (χ1n) is 18.0. The highest BCUT2D eigenvalue weighted by Gasteiger charge is 2.45. The van der Waals surface area contributed by atoms with Crippen LogP contribution in [-0.4, -0.2) is 211 Å². The van der Waals surface area contributed by atoms with E-state index >= 15 is 0 Å². The molecule has 0 radical (unpaired) electrons. The van der Waals surface area contributed by atoms with E-state index in [0.29, 0.717) is 32.2 Å². The SMILES string of the molecule is C/C(OCC(OC(/C=C(\C)OCC1OC(COCC2CO2)C(O)C(O)C1O)COCC1CO1)C(O)C(C)O)=C1/C(COCC2CO2)OC(O)C(O)C1O. The summed E-state index contributed by atoms with van der Waals surface area (Å²) in [6, 6.07) is 0. The van der Waals surface area contributed by atoms with Crippen LogP contribution in [0.5, 0.6) is 0 Å². The van der Waals surface area contributed by atoms with E-state index in [-0.39, 0.29) is 75.9 Å². The van der Waals surface area contributed by atoms with Gasteiger partial charge in [-0.2, -0.15) is 0 Å². The average Bonchev–Trinajstić information content (AvgIpc) is 3.96. The van der Waals surface area contributed by atoms with Gasteiger partial charge in [-0.15, -0.1) is 0 Å². The quantitative estimate of drug-likeness (QED) is 0.0366. The monoisotopic (exact) mass is 768 g/mol. The minimum atomic E-state index is -1.67. The first-order valence-corrected chi connectivity index (χ1v) is 18.0. The van der Waals surface area contributed by atoms with Gasteiger partial charge in [-0.05, 0) is 26.8 Å². The van der Waals surface area contributed by atoms with E-state index in [1.54, 1.807) is 13.0 Å². The molecule has 0 bridgehead atoms. The number of hydrogen-bond acceptors (Lipinski definition) is 19. The minimum absolute atomic E-state index is 0.00332. The van der Waals surface area contributed by atoms with E-state index in [2.05, 4.69) is 0 Å². The molecule has 5 aliphatic heterocycles. The van der Waals surface area contributed by atoms with Gasteiger partial charge >= 0.3 is 0 Å². The number of allylic oxidation sites excluding steroid dienone is 2. The van der Waals surface area contributed by atoms with Gasteiger partial charge in [-0.1, -0.05) is 0 Å². The molecule has 0 aromatic rings. The van der Waals surface area contributed by atoms with E-state index in [9.17, 15) is 40.9 Å². The smallest absolute Gasteiger partial charge is 0.184 e. The lowest BCUT2D eigenvalue weighted by molar-refractivity contribution is -0.240. The Kier molecular flexibility index (Phi) is 16.1. The Morgan fingerprint density at radius 3 is 1.85 bits per heavy atom. The molecule has 0 amide bonds. The van der Waals surface area contributed by atoms with Gasteiger partial charge in [-0.3, -0.25) is 0 Å². The third kappa shape index (κ3) is 13.0. The lowest BCUT2D eigenvalue weighted by atomic mass is 9.94. The van der Waals surface area contributed by atoms with Crippen LogP contribution in [0.3, 0.4) is 0 Å². The standard InChI is InChI=1S/C34H56O19/c1-16(46-14-26-30(38)32(40)29(37)24(52-26)13-45-8-22-11-50-22)4-19(5-43-6-20-9-48-20)51-25(28(36)17(2)35)15-47-18(3)27-23(12-44-7-21-10-49-21)53-34(42)33(41)31(27)39/h4,17,19-26,28-42H,5-15H2,1-3H3/b16-4+,27-18+. The molecule has 0 spiro atoms. The predicted molar refractivity (Wildman–Crippen MR) is 176 cm³/mol. The first kappa shape index (κ1) is 42.5. The van der Waals surface area contributed by atoms with Crippen molar-refractivity contribution in [3.8, 4) is 0 Å². The molecule has 0 saturated carbocycles. The summed E-state index contributed by atoms with van der Waals surface area (Å²) in [5.74, 6) is 0.415. The van der Waals surface area contributed by atoms with Gasteiger partial charge in [-0.25, -0.2) is 0 Å². The molecule has 16 atom stereocenters. The first-order chi connectivity index (χ1) is 25.3. The highest BCUT2D eigenvalue weighted by molar-refractivity contribution is 5.22. The molecule has 53 heavy (non-hydrogen) atoms. The number of rotatable bonds is 23. The Morgan fingerprint density at radius 1 is 0.698 bits per heavy atom. The van der Waals surface area contributed by atoms with E-state index in [4.69, 9.17) is 52.1 Å². The molecule has 5 saturated heterocycles. The summed E-state index contributed by atoms with van der Waals surface area (Å²) < 4.78 is 61.8. The fourth-order valence-electron chi connectivity index (χ4n) is 5.84. The van der Waals surface area contributed by atoms with Gasteiger partial charge in [0, 0.05) is 5.57 Å². The Balaban J connectivity index is 1.23. The van der Waals surface area contributed by atoms with Crippen LogP contribution in [0.4, 0.5) is 0 Å². The highest BCUT2D eigenvalue weighted by Crippen LogP contribution is 2.29. The molecule has 0 aromatic carbocycles. The van der Waals surface area contributed by atoms with Crippen molar-refractivity contribution in [1.29, 1.82) is 0 Å². The lowest BCUT2D eigenvalue weighted by Gasteiger charge is -2.40. The Bertz CT molecular complexity index is 1170. The van der Waals surface area contributed by atoms with Crippen molar-refractivity contribution < 1.29 is 93.0 Å². The number of ether oxygens (including phenoxy) is 11. The van der Waals surface area contributed by atoms with Gasteiger partial charge in [0.05, 0.1) is 77.1 Å². The molecule has 19 nitrogen and oxygen atoms in total. The zero-order chi connectivity index (χ0) is 38.2. The number of hydrogen-bond donors (Lipinski definition) is 8. The topological polar surface area (TPSA) is 273 Å². The Labute approximate surface area is 307 Å². The van der Waals surface area contributed by atoms with Crippen molar-refractivity contribution in [1.82, 2.24) is 0 Å². The Hall–Kier alpha value is -1.60. The maximum Gasteiger partial charge on any atom is 0.184 e. The molecule has 19 heteroatoms. The molecule has 5 aliphatic rings. The number of aliphatic hydroxyl groups is 8. The molecular weight excluding hydrogens is 712 g/mol. The van der Waals surface area contributed by atoms with Crippen LogP contribution in [0.1, 0.15) is 20.8 Å². The normalized spacial score (nSPS) is 38.8. The summed E-state index contributed by atoms with van der Waals surface area (Å²) >= 11 is 0. The summed E-state index contributed by atoms with van der Waals surface area (Å²) in [5, 5.41) is 84.1. The summed E-state index contributed by atoms with van der Waals surface area (Å²) in [4.78, 5) is 0. The summed E-state index contributed by atoms with van der Waals surface area (Å²) in [6.07, 6.45) is -15.5. The van der Waals surface area contributed by atoms with Crippen LogP contribution in [0.25, 0.3) is 0 Å². The molecule has 5 fully saturated rings. The Morgan fingerprint density at radius 2 is 1.26 bits per heavy atom. The molecule has 5 rings (SSSR count). The number of aliphatic hydroxyl groups excluding tert-OH is 8. The molecular formula is C34H56O19. The van der Waals surface area contributed by atoms with Crippen molar-refractivity contribution >= 4 is 0 Å². The maximum atomic E-state index is 11.0. The number of epoxide rings is 3. The lowest BCUT2D eigenvalue weighted by Crippen LogP contribution is -2.59. The second kappa shape index (κ2) is 20.0. The zero-order valence-corrected chi connectivity index (χ0v) is 30.2. The van der Waals surface area contributed by atoms with Crippen LogP contribution in [-0.2, 0) is 52.1 Å². The van der Waals surface area contributed by atoms with Gasteiger partial charge in [0.25, 0.3) is 0 Å². The second-order valence-corrected chi connectivity index (χ2v) is 14.0. The van der Waals surface area contributed by atoms with Crippen LogP contribution >= 0.6 is 0 Å². The van der Waals surface area contributed by atoms with Crippen molar-refractivity contribution in [2.45, 2.75) is 119 Å². The van der Waals surface area contributed by atoms with Crippen LogP contribution in [0.15, 0.2) is 23.2 Å². The van der Waals surface area contributed by atoms with E-state index < -0.39 is 79.5 Å². The van der Waals surface area contributed by atoms with Gasteiger partial charge < -0.3 is 93.0 Å². The predicted octanol–water partition coefficient (Wildman–Crippen LogP) is -3.77. The van der Waals surface area contributed by atoms with Crippen molar-refractivity contribution in [3.63, 3.8) is 0 Å². The largest absolute Gasteiger partial charge is 0.496 e. The van der Waals surface area contributed by atoms with Crippen LogP contribution < -0.4 is 0 Å². The fraction of sp³-hybridized carbons (Fsp3) is 0.882. The summed E-state index contributed by atoms with van der Waals surface area (Å²) in [7, 11) is 0. The third-order valence-corrected chi connectivity index (χ3v) is 9.34. The summed E-state index contributed by atoms with van der Waals surface area (Å²) in [6.45, 7) is 6.40. The van der Waals surface area contributed by atoms with Crippen molar-refractivity contribution in [2.75, 3.05) is 72.7 Å². The summed E-state index contributed by atoms with van der Waals surface area (Å²) in [5.41, 5.74) is 0.119. The molecule has 0 aromatic heterocycles. The van der Waals surface area contributed by atoms with Crippen molar-refractivity contribution in [3.05, 3.63) is 23.2 Å². The van der Waals surface area contributed by atoms with Gasteiger partial charge in [0.2, 0.25) is 0 Å². The van der Waals surface area contributed by atoms with Gasteiger partial charge in [0.15, 0.2) is 6.29 Å². The molecule has 0 aliphatic carbocycles. The van der Waals surface area contributed by atoms with Gasteiger partial charge in [0.1, 0.15) is 98.7 Å². The van der Waals surface area contributed by atoms with Crippen LogP contribution in [0, 0.1) is 0 Å². The average molecular weight is 769 g/mol. The fourth-order valence-corrected chi connectivity index (χ4v) is 5.84. The maximum absolute atomic E-state index is 11.0. The van der Waals surface area contributed by atoms with E-state index in [1.165, 1.54) is 13.8 Å². The molecule has 8 N–H and O–H groups in total. The minimum Gasteiger partial charge on any atom is -0.496 e.